The number of aromatic nitrogens is 2. The number of imidazole rings is 1. The van der Waals surface area contributed by atoms with Crippen LogP contribution < -0.4 is 5.32 Å². The Kier molecular flexibility index (Phi) is 4.62. The molecule has 0 aliphatic heterocycles. The van der Waals surface area contributed by atoms with E-state index in [2.05, 4.69) is 17.2 Å². The minimum Gasteiger partial charge on any atom is -0.383 e. The summed E-state index contributed by atoms with van der Waals surface area (Å²) in [6.07, 6.45) is 4.88. The summed E-state index contributed by atoms with van der Waals surface area (Å²) in [7, 11) is 3.71. The van der Waals surface area contributed by atoms with E-state index in [0.717, 1.165) is 18.8 Å². The summed E-state index contributed by atoms with van der Waals surface area (Å²) in [6.45, 7) is 3.79. The van der Waals surface area contributed by atoms with Crippen molar-refractivity contribution >= 4 is 0 Å². The third-order valence-electron chi connectivity index (χ3n) is 2.14. The van der Waals surface area contributed by atoms with E-state index < -0.39 is 0 Å². The van der Waals surface area contributed by atoms with Gasteiger partial charge in [0.05, 0.1) is 12.6 Å². The number of nitrogens with zero attached hydrogens (tertiary/aromatic N) is 2. The van der Waals surface area contributed by atoms with E-state index in [1.54, 1.807) is 7.11 Å². The molecule has 1 aromatic rings. The highest BCUT2D eigenvalue weighted by molar-refractivity contribution is 4.98. The second-order valence-electron chi connectivity index (χ2n) is 3.36. The molecular weight excluding hydrogens is 178 g/mol. The molecule has 0 aliphatic rings. The number of ether oxygens (including phenoxy) is 1. The first-order valence-corrected chi connectivity index (χ1v) is 4.99. The van der Waals surface area contributed by atoms with Crippen molar-refractivity contribution in [3.05, 3.63) is 18.2 Å². The van der Waals surface area contributed by atoms with E-state index in [1.807, 2.05) is 24.0 Å². The van der Waals surface area contributed by atoms with Gasteiger partial charge in [0, 0.05) is 26.6 Å². The van der Waals surface area contributed by atoms with Crippen molar-refractivity contribution < 1.29 is 4.74 Å². The Morgan fingerprint density at radius 3 is 2.93 bits per heavy atom. The zero-order valence-electron chi connectivity index (χ0n) is 9.16. The van der Waals surface area contributed by atoms with Gasteiger partial charge in [0.15, 0.2) is 0 Å². The average Bonchev–Trinajstić information content (AvgIpc) is 2.59. The van der Waals surface area contributed by atoms with Crippen molar-refractivity contribution in [1.29, 1.82) is 0 Å². The van der Waals surface area contributed by atoms with Crippen LogP contribution in [0.4, 0.5) is 0 Å². The molecule has 4 heteroatoms. The number of rotatable bonds is 6. The quantitative estimate of drug-likeness (QED) is 0.742. The third kappa shape index (κ3) is 2.82. The number of hydrogen-bond acceptors (Lipinski definition) is 3. The van der Waals surface area contributed by atoms with Crippen LogP contribution in [-0.2, 0) is 11.8 Å². The zero-order valence-corrected chi connectivity index (χ0v) is 9.16. The van der Waals surface area contributed by atoms with Gasteiger partial charge in [-0.05, 0) is 13.0 Å². The molecule has 1 aromatic heterocycles. The molecule has 4 nitrogen and oxygen atoms in total. The second-order valence-corrected chi connectivity index (χ2v) is 3.36. The van der Waals surface area contributed by atoms with Crippen LogP contribution in [0.2, 0.25) is 0 Å². The maximum absolute atomic E-state index is 5.16. The van der Waals surface area contributed by atoms with Gasteiger partial charge in [-0.1, -0.05) is 6.92 Å². The van der Waals surface area contributed by atoms with Gasteiger partial charge in [-0.25, -0.2) is 4.98 Å². The molecule has 0 saturated heterocycles. The van der Waals surface area contributed by atoms with Crippen LogP contribution in [-0.4, -0.2) is 29.8 Å². The SMILES string of the molecule is CCCNC(COC)c1nccn1C. The van der Waals surface area contributed by atoms with Crippen molar-refractivity contribution in [1.82, 2.24) is 14.9 Å². The first-order valence-electron chi connectivity index (χ1n) is 4.99. The molecule has 0 amide bonds. The molecule has 0 aromatic carbocycles. The molecule has 14 heavy (non-hydrogen) atoms. The van der Waals surface area contributed by atoms with E-state index in [1.165, 1.54) is 0 Å². The maximum atomic E-state index is 5.16. The Bertz CT molecular complexity index is 260. The van der Waals surface area contributed by atoms with Gasteiger partial charge in [-0.2, -0.15) is 0 Å². The molecule has 0 spiro atoms. The number of methoxy groups -OCH3 is 1. The Balaban J connectivity index is 2.62. The van der Waals surface area contributed by atoms with E-state index in [9.17, 15) is 0 Å². The van der Waals surface area contributed by atoms with Crippen LogP contribution in [0.5, 0.6) is 0 Å². The summed E-state index contributed by atoms with van der Waals surface area (Å²) >= 11 is 0. The van der Waals surface area contributed by atoms with Gasteiger partial charge in [-0.15, -0.1) is 0 Å². The molecule has 1 rings (SSSR count). The van der Waals surface area contributed by atoms with E-state index in [-0.39, 0.29) is 6.04 Å². The predicted molar refractivity (Wildman–Crippen MR) is 56.1 cm³/mol. The third-order valence-corrected chi connectivity index (χ3v) is 2.14. The van der Waals surface area contributed by atoms with Crippen LogP contribution in [0.1, 0.15) is 25.2 Å². The molecule has 1 unspecified atom stereocenters. The smallest absolute Gasteiger partial charge is 0.127 e. The summed E-state index contributed by atoms with van der Waals surface area (Å²) in [6, 6.07) is 0.194. The van der Waals surface area contributed by atoms with Crippen LogP contribution in [0.25, 0.3) is 0 Å². The van der Waals surface area contributed by atoms with E-state index in [4.69, 9.17) is 4.74 Å². The minimum absolute atomic E-state index is 0.194. The van der Waals surface area contributed by atoms with Crippen molar-refractivity contribution in [3.8, 4) is 0 Å². The fraction of sp³-hybridized carbons (Fsp3) is 0.700. The Labute approximate surface area is 85.3 Å². The Morgan fingerprint density at radius 2 is 2.43 bits per heavy atom. The van der Waals surface area contributed by atoms with E-state index >= 15 is 0 Å². The fourth-order valence-corrected chi connectivity index (χ4v) is 1.42. The van der Waals surface area contributed by atoms with Gasteiger partial charge in [0.1, 0.15) is 5.82 Å². The number of hydrogen-bond donors (Lipinski definition) is 1. The lowest BCUT2D eigenvalue weighted by Crippen LogP contribution is -2.28. The highest BCUT2D eigenvalue weighted by Gasteiger charge is 2.14. The largest absolute Gasteiger partial charge is 0.383 e. The molecule has 1 N–H and O–H groups in total. The van der Waals surface area contributed by atoms with Gasteiger partial charge in [0.2, 0.25) is 0 Å². The zero-order chi connectivity index (χ0) is 10.4. The topological polar surface area (TPSA) is 39.1 Å². The van der Waals surface area contributed by atoms with Gasteiger partial charge in [0.25, 0.3) is 0 Å². The summed E-state index contributed by atoms with van der Waals surface area (Å²) in [5.74, 6) is 1.03. The van der Waals surface area contributed by atoms with Gasteiger partial charge >= 0.3 is 0 Å². The van der Waals surface area contributed by atoms with E-state index in [0.29, 0.717) is 6.61 Å². The van der Waals surface area contributed by atoms with Crippen molar-refractivity contribution in [2.75, 3.05) is 20.3 Å². The average molecular weight is 197 g/mol. The maximum Gasteiger partial charge on any atom is 0.127 e. The molecule has 1 heterocycles. The summed E-state index contributed by atoms with van der Waals surface area (Å²) in [5, 5.41) is 3.41. The molecule has 0 bridgehead atoms. The summed E-state index contributed by atoms with van der Waals surface area (Å²) in [5.41, 5.74) is 0. The molecule has 0 saturated carbocycles. The van der Waals surface area contributed by atoms with Crippen molar-refractivity contribution in [2.45, 2.75) is 19.4 Å². The molecule has 0 fully saturated rings. The van der Waals surface area contributed by atoms with Crippen LogP contribution >= 0.6 is 0 Å². The molecule has 0 aliphatic carbocycles. The highest BCUT2D eigenvalue weighted by Crippen LogP contribution is 2.09. The minimum atomic E-state index is 0.194. The monoisotopic (exact) mass is 197 g/mol. The normalized spacial score (nSPS) is 13.1. The standard InChI is InChI=1S/C10H19N3O/c1-4-5-11-9(8-14-3)10-12-6-7-13(10)2/h6-7,9,11H,4-5,8H2,1-3H3. The van der Waals surface area contributed by atoms with Gasteiger partial charge in [-0.3, -0.25) is 0 Å². The summed E-state index contributed by atoms with van der Waals surface area (Å²) in [4.78, 5) is 4.31. The van der Waals surface area contributed by atoms with Crippen LogP contribution in [0.3, 0.4) is 0 Å². The lowest BCUT2D eigenvalue weighted by atomic mass is 10.3. The van der Waals surface area contributed by atoms with Crippen molar-refractivity contribution in [2.24, 2.45) is 7.05 Å². The number of aryl methyl sites for hydroxylation is 1. The molecule has 0 radical (unpaired) electrons. The Morgan fingerprint density at radius 1 is 1.64 bits per heavy atom. The fourth-order valence-electron chi connectivity index (χ4n) is 1.42. The lowest BCUT2D eigenvalue weighted by Gasteiger charge is -2.17. The summed E-state index contributed by atoms with van der Waals surface area (Å²) < 4.78 is 7.18. The first kappa shape index (κ1) is 11.2. The predicted octanol–water partition coefficient (Wildman–Crippen LogP) is 1.11. The molecular formula is C10H19N3O. The number of nitrogens with one attached hydrogen (secondary N) is 1. The lowest BCUT2D eigenvalue weighted by molar-refractivity contribution is 0.162. The molecule has 1 atom stereocenters. The highest BCUT2D eigenvalue weighted by atomic mass is 16.5. The van der Waals surface area contributed by atoms with Crippen molar-refractivity contribution in [3.63, 3.8) is 0 Å². The van der Waals surface area contributed by atoms with Gasteiger partial charge < -0.3 is 14.6 Å². The first-order chi connectivity index (χ1) is 6.79. The van der Waals surface area contributed by atoms with Crippen LogP contribution in [0, 0.1) is 0 Å². The Hall–Kier alpha value is -0.870. The van der Waals surface area contributed by atoms with Crippen LogP contribution in [0.15, 0.2) is 12.4 Å². The second kappa shape index (κ2) is 5.78. The molecule has 80 valence electrons.